The maximum Gasteiger partial charge on any atom is 0.0969 e. The first-order valence-corrected chi connectivity index (χ1v) is 6.89. The molecule has 2 rings (SSSR count). The zero-order valence-corrected chi connectivity index (χ0v) is 14.9. The fraction of sp³-hybridized carbons (Fsp3) is 0.533. The summed E-state index contributed by atoms with van der Waals surface area (Å²) in [6.45, 7) is 9.79. The van der Waals surface area contributed by atoms with Gasteiger partial charge in [0.05, 0.1) is 16.2 Å². The van der Waals surface area contributed by atoms with E-state index < -0.39 is 0 Å². The Hall–Kier alpha value is -0.350. The van der Waals surface area contributed by atoms with E-state index in [9.17, 15) is 0 Å². The summed E-state index contributed by atoms with van der Waals surface area (Å²) in [7, 11) is 0. The van der Waals surface area contributed by atoms with Crippen LogP contribution in [0.5, 0.6) is 0 Å². The highest BCUT2D eigenvalue weighted by Crippen LogP contribution is 2.31. The first-order valence-electron chi connectivity index (χ1n) is 6.48. The normalized spacial score (nSPS) is 19.7. The Morgan fingerprint density at radius 1 is 1.05 bits per heavy atom. The molecule has 1 heterocycles. The molecule has 0 unspecified atom stereocenters. The lowest BCUT2D eigenvalue weighted by molar-refractivity contribution is 0.0826. The maximum absolute atomic E-state index is 5.46. The lowest BCUT2D eigenvalue weighted by Gasteiger charge is -2.38. The van der Waals surface area contributed by atoms with Crippen molar-refractivity contribution in [2.75, 3.05) is 6.54 Å². The predicted octanol–water partition coefficient (Wildman–Crippen LogP) is 3.82. The van der Waals surface area contributed by atoms with Crippen molar-refractivity contribution in [1.82, 2.24) is 10.2 Å². The zero-order valence-electron chi connectivity index (χ0n) is 12.5. The molecule has 0 amide bonds. The van der Waals surface area contributed by atoms with Gasteiger partial charge in [0.15, 0.2) is 0 Å². The fourth-order valence-electron chi connectivity index (χ4n) is 2.76. The van der Waals surface area contributed by atoms with Crippen LogP contribution < -0.4 is 5.32 Å². The Balaban J connectivity index is 0.00000180. The quantitative estimate of drug-likeness (QED) is 0.846. The molecule has 1 aromatic rings. The van der Waals surface area contributed by atoms with E-state index in [0.29, 0.717) is 0 Å². The van der Waals surface area contributed by atoms with E-state index in [-0.39, 0.29) is 36.0 Å². The van der Waals surface area contributed by atoms with Crippen LogP contribution in [0.25, 0.3) is 0 Å². The van der Waals surface area contributed by atoms with Crippen molar-refractivity contribution in [2.24, 2.45) is 0 Å². The monoisotopic (exact) mass is 334 g/mol. The van der Waals surface area contributed by atoms with Crippen LogP contribution in [0.3, 0.4) is 0 Å². The lowest BCUT2D eigenvalue weighted by atomic mass is 10.0. The van der Waals surface area contributed by atoms with Crippen LogP contribution in [0.1, 0.15) is 33.3 Å². The Bertz CT molecular complexity index is 446. The number of benzene rings is 1. The molecule has 0 aromatic heterocycles. The van der Waals surface area contributed by atoms with Gasteiger partial charge in [0.1, 0.15) is 0 Å². The molecule has 0 radical (unpaired) electrons. The van der Waals surface area contributed by atoms with Crippen LogP contribution in [-0.2, 0) is 6.42 Å². The Kier molecular flexibility index (Phi) is 6.95. The number of thiocarbonyl (C=S) groups is 1. The topological polar surface area (TPSA) is 15.3 Å². The van der Waals surface area contributed by atoms with Crippen LogP contribution in [0, 0.1) is 0 Å². The summed E-state index contributed by atoms with van der Waals surface area (Å²) in [6, 6.07) is 10.6. The van der Waals surface area contributed by atoms with Crippen LogP contribution in [-0.4, -0.2) is 27.6 Å². The second-order valence-corrected chi connectivity index (χ2v) is 6.37. The number of hydrogen-bond donors (Lipinski definition) is 1. The van der Waals surface area contributed by atoms with Gasteiger partial charge in [-0.2, -0.15) is 0 Å². The van der Waals surface area contributed by atoms with Gasteiger partial charge in [0, 0.05) is 6.54 Å². The predicted molar refractivity (Wildman–Crippen MR) is 95.2 cm³/mol. The number of nitrogens with zero attached hydrogens (tertiary/aromatic N) is 1. The molecule has 20 heavy (non-hydrogen) atoms. The summed E-state index contributed by atoms with van der Waals surface area (Å²) in [5.74, 6) is 0. The molecule has 1 aromatic carbocycles. The van der Waals surface area contributed by atoms with Gasteiger partial charge in [0.2, 0.25) is 0 Å². The second kappa shape index (κ2) is 7.08. The van der Waals surface area contributed by atoms with Crippen molar-refractivity contribution in [2.45, 2.75) is 45.3 Å². The van der Waals surface area contributed by atoms with Gasteiger partial charge < -0.3 is 5.32 Å². The van der Waals surface area contributed by atoms with Gasteiger partial charge >= 0.3 is 0 Å². The zero-order chi connectivity index (χ0) is 13.4. The summed E-state index contributed by atoms with van der Waals surface area (Å²) < 4.78 is 0. The minimum atomic E-state index is -0.0619. The average Bonchev–Trinajstić information content (AvgIpc) is 2.44. The van der Waals surface area contributed by atoms with Gasteiger partial charge in [-0.25, -0.2) is 0 Å². The summed E-state index contributed by atoms with van der Waals surface area (Å²) >= 11 is 5.46. The largest absolute Gasteiger partial charge is 0.361 e. The third kappa shape index (κ3) is 3.85. The summed E-state index contributed by atoms with van der Waals surface area (Å²) in [6.07, 6.45) is 1.05. The molecule has 1 aliphatic rings. The third-order valence-electron chi connectivity index (χ3n) is 3.79. The van der Waals surface area contributed by atoms with Crippen molar-refractivity contribution >= 4 is 42.0 Å². The number of hydrogen-bond acceptors (Lipinski definition) is 2. The van der Waals surface area contributed by atoms with E-state index in [2.05, 4.69) is 68.2 Å². The average molecular weight is 335 g/mol. The first-order chi connectivity index (χ1) is 8.34. The molecule has 0 aliphatic carbocycles. The van der Waals surface area contributed by atoms with Gasteiger partial charge in [-0.1, -0.05) is 42.5 Å². The minimum absolute atomic E-state index is 0. The van der Waals surface area contributed by atoms with Crippen molar-refractivity contribution in [3.05, 3.63) is 35.9 Å². The maximum atomic E-state index is 5.46. The SMILES string of the molecule is CC1(C)NC(=S)C(C)(C)N1CCc1ccccc1.Cl.Cl. The minimum Gasteiger partial charge on any atom is -0.361 e. The first kappa shape index (κ1) is 19.7. The van der Waals surface area contributed by atoms with Crippen molar-refractivity contribution in [3.63, 3.8) is 0 Å². The highest BCUT2D eigenvalue weighted by molar-refractivity contribution is 7.80. The fourth-order valence-corrected chi connectivity index (χ4v) is 3.12. The van der Waals surface area contributed by atoms with Gasteiger partial charge in [-0.05, 0) is 39.7 Å². The van der Waals surface area contributed by atoms with Crippen LogP contribution >= 0.6 is 37.0 Å². The number of nitrogens with one attached hydrogen (secondary N) is 1. The summed E-state index contributed by atoms with van der Waals surface area (Å²) in [4.78, 5) is 3.40. The lowest BCUT2D eigenvalue weighted by Crippen LogP contribution is -2.52. The molecular weight excluding hydrogens is 311 g/mol. The molecule has 0 saturated carbocycles. The van der Waals surface area contributed by atoms with E-state index >= 15 is 0 Å². The van der Waals surface area contributed by atoms with Crippen molar-refractivity contribution < 1.29 is 0 Å². The molecule has 5 heteroatoms. The molecule has 114 valence electrons. The Morgan fingerprint density at radius 2 is 1.60 bits per heavy atom. The molecule has 1 saturated heterocycles. The standard InChI is InChI=1S/C15H22N2S.2ClH/c1-14(2)13(18)16-15(3,4)17(14)11-10-12-8-6-5-7-9-12;;/h5-9H,10-11H2,1-4H3,(H,16,18);2*1H. The van der Waals surface area contributed by atoms with E-state index in [0.717, 1.165) is 18.0 Å². The molecule has 0 atom stereocenters. The van der Waals surface area contributed by atoms with Crippen LogP contribution in [0.15, 0.2) is 30.3 Å². The highest BCUT2D eigenvalue weighted by atomic mass is 35.5. The second-order valence-electron chi connectivity index (χ2n) is 5.96. The van der Waals surface area contributed by atoms with E-state index in [1.165, 1.54) is 5.56 Å². The van der Waals surface area contributed by atoms with E-state index in [4.69, 9.17) is 12.2 Å². The molecule has 1 aliphatic heterocycles. The van der Waals surface area contributed by atoms with Crippen LogP contribution in [0.2, 0.25) is 0 Å². The summed E-state index contributed by atoms with van der Waals surface area (Å²) in [5.41, 5.74) is 1.25. The molecule has 2 nitrogen and oxygen atoms in total. The van der Waals surface area contributed by atoms with Gasteiger partial charge in [-0.15, -0.1) is 24.8 Å². The van der Waals surface area contributed by atoms with Gasteiger partial charge in [-0.3, -0.25) is 4.90 Å². The highest BCUT2D eigenvalue weighted by Gasteiger charge is 2.47. The number of rotatable bonds is 3. The molecule has 1 fully saturated rings. The van der Waals surface area contributed by atoms with Crippen molar-refractivity contribution in [1.29, 1.82) is 0 Å². The third-order valence-corrected chi connectivity index (χ3v) is 4.39. The molecule has 1 N–H and O–H groups in total. The van der Waals surface area contributed by atoms with Gasteiger partial charge in [0.25, 0.3) is 0 Å². The smallest absolute Gasteiger partial charge is 0.0969 e. The molecule has 0 spiro atoms. The van der Waals surface area contributed by atoms with Crippen LogP contribution in [0.4, 0.5) is 0 Å². The summed E-state index contributed by atoms with van der Waals surface area (Å²) in [5, 5.41) is 3.43. The molecule has 0 bridgehead atoms. The molecular formula is C15H24Cl2N2S. The van der Waals surface area contributed by atoms with E-state index in [1.807, 2.05) is 0 Å². The van der Waals surface area contributed by atoms with E-state index in [1.54, 1.807) is 0 Å². The number of halogens is 2. The Morgan fingerprint density at radius 3 is 2.05 bits per heavy atom. The van der Waals surface area contributed by atoms with Crippen molar-refractivity contribution in [3.8, 4) is 0 Å². The Labute approximate surface area is 140 Å².